The summed E-state index contributed by atoms with van der Waals surface area (Å²) in [5, 5.41) is 20.2. The largest absolute Gasteiger partial charge is 0.507 e. The van der Waals surface area contributed by atoms with Gasteiger partial charge in [0.2, 0.25) is 5.96 Å². The number of phenols is 1. The zero-order valence-corrected chi connectivity index (χ0v) is 9.01. The highest BCUT2D eigenvalue weighted by atomic mass is 35.5. The minimum atomic E-state index is -0.236. The maximum Gasteiger partial charge on any atom is 0.206 e. The van der Waals surface area contributed by atoms with Crippen LogP contribution in [0.5, 0.6) is 5.75 Å². The molecule has 82 valence electrons. The van der Waals surface area contributed by atoms with Crippen LogP contribution in [0.2, 0.25) is 0 Å². The Morgan fingerprint density at radius 3 is 2.60 bits per heavy atom. The van der Waals surface area contributed by atoms with Crippen molar-refractivity contribution < 1.29 is 5.11 Å². The normalized spacial score (nSPS) is 10.3. The average Bonchev–Trinajstić information content (AvgIpc) is 2.15. The first-order valence-electron chi connectivity index (χ1n) is 4.04. The van der Waals surface area contributed by atoms with E-state index in [0.717, 1.165) is 0 Å². The monoisotopic (exact) mass is 228 g/mol. The Morgan fingerprint density at radius 1 is 1.47 bits per heavy atom. The highest BCUT2D eigenvalue weighted by Crippen LogP contribution is 2.15. The summed E-state index contributed by atoms with van der Waals surface area (Å²) in [5.74, 6) is -0.0844. The van der Waals surface area contributed by atoms with Gasteiger partial charge in [0.15, 0.2) is 0 Å². The van der Waals surface area contributed by atoms with Gasteiger partial charge in [0.05, 0.1) is 5.71 Å². The van der Waals surface area contributed by atoms with E-state index in [-0.39, 0.29) is 24.1 Å². The summed E-state index contributed by atoms with van der Waals surface area (Å²) in [4.78, 5) is 0. The van der Waals surface area contributed by atoms with Crippen LogP contribution in [0.4, 0.5) is 0 Å². The topological polar surface area (TPSA) is 94.5 Å². The average molecular weight is 229 g/mol. The molecular formula is C9H13ClN4O. The molecule has 0 aromatic heterocycles. The van der Waals surface area contributed by atoms with Gasteiger partial charge < -0.3 is 10.8 Å². The van der Waals surface area contributed by atoms with Gasteiger partial charge in [0, 0.05) is 5.56 Å². The van der Waals surface area contributed by atoms with E-state index >= 15 is 0 Å². The fourth-order valence-electron chi connectivity index (χ4n) is 0.984. The smallest absolute Gasteiger partial charge is 0.206 e. The van der Waals surface area contributed by atoms with Crippen LogP contribution in [0.1, 0.15) is 12.5 Å². The molecule has 6 heteroatoms. The third-order valence-corrected chi connectivity index (χ3v) is 1.64. The lowest BCUT2D eigenvalue weighted by atomic mass is 10.1. The van der Waals surface area contributed by atoms with Crippen LogP contribution < -0.4 is 11.2 Å². The molecule has 0 aliphatic carbocycles. The quantitative estimate of drug-likeness (QED) is 0.346. The molecule has 5 nitrogen and oxygen atoms in total. The second-order valence-electron chi connectivity index (χ2n) is 2.74. The molecule has 0 aliphatic rings. The van der Waals surface area contributed by atoms with E-state index in [9.17, 15) is 5.11 Å². The van der Waals surface area contributed by atoms with Gasteiger partial charge >= 0.3 is 0 Å². The molecule has 1 aromatic rings. The minimum absolute atomic E-state index is 0. The third kappa shape index (κ3) is 3.86. The molecule has 0 heterocycles. The number of nitrogens with one attached hydrogen (secondary N) is 2. The summed E-state index contributed by atoms with van der Waals surface area (Å²) in [6, 6.07) is 6.82. The van der Waals surface area contributed by atoms with Crippen molar-refractivity contribution in [3.63, 3.8) is 0 Å². The molecule has 0 aliphatic heterocycles. The van der Waals surface area contributed by atoms with Crippen LogP contribution in [-0.4, -0.2) is 16.8 Å². The number of guanidine groups is 1. The first-order valence-corrected chi connectivity index (χ1v) is 4.04. The van der Waals surface area contributed by atoms with E-state index in [1.54, 1.807) is 31.2 Å². The minimum Gasteiger partial charge on any atom is -0.507 e. The Labute approximate surface area is 93.9 Å². The van der Waals surface area contributed by atoms with E-state index < -0.39 is 0 Å². The number of hydrazone groups is 1. The first-order chi connectivity index (χ1) is 6.61. The van der Waals surface area contributed by atoms with Crippen LogP contribution in [0.15, 0.2) is 29.4 Å². The Morgan fingerprint density at radius 2 is 2.07 bits per heavy atom. The van der Waals surface area contributed by atoms with Crippen molar-refractivity contribution >= 4 is 24.1 Å². The van der Waals surface area contributed by atoms with E-state index in [2.05, 4.69) is 10.5 Å². The number of aromatic hydroxyl groups is 1. The number of halogens is 1. The summed E-state index contributed by atoms with van der Waals surface area (Å²) in [6.07, 6.45) is 0. The van der Waals surface area contributed by atoms with Crippen molar-refractivity contribution in [1.82, 2.24) is 5.43 Å². The Kier molecular flexibility index (Phi) is 5.19. The Bertz CT molecular complexity index is 378. The fraction of sp³-hybridized carbons (Fsp3) is 0.111. The molecule has 0 unspecified atom stereocenters. The van der Waals surface area contributed by atoms with Crippen molar-refractivity contribution in [2.24, 2.45) is 10.8 Å². The number of para-hydroxylation sites is 1. The summed E-state index contributed by atoms with van der Waals surface area (Å²) in [6.45, 7) is 1.71. The number of nitrogens with zero attached hydrogens (tertiary/aromatic N) is 1. The lowest BCUT2D eigenvalue weighted by molar-refractivity contribution is 0.474. The van der Waals surface area contributed by atoms with Crippen LogP contribution in [-0.2, 0) is 0 Å². The lowest BCUT2D eigenvalue weighted by Gasteiger charge is -2.03. The van der Waals surface area contributed by atoms with Gasteiger partial charge in [-0.15, -0.1) is 12.4 Å². The number of hydrogen-bond acceptors (Lipinski definition) is 3. The molecule has 1 aromatic carbocycles. The lowest BCUT2D eigenvalue weighted by Crippen LogP contribution is -2.26. The molecule has 15 heavy (non-hydrogen) atoms. The van der Waals surface area contributed by atoms with Gasteiger partial charge in [-0.3, -0.25) is 5.41 Å². The molecule has 0 saturated heterocycles. The molecule has 5 N–H and O–H groups in total. The maximum absolute atomic E-state index is 9.45. The molecule has 0 spiro atoms. The number of nitrogens with two attached hydrogens (primary N) is 1. The number of rotatable bonds is 2. The predicted octanol–water partition coefficient (Wildman–Crippen LogP) is 1.02. The van der Waals surface area contributed by atoms with E-state index in [1.165, 1.54) is 0 Å². The number of phenolic OH excluding ortho intramolecular Hbond substituents is 1. The highest BCUT2D eigenvalue weighted by Gasteiger charge is 2.02. The van der Waals surface area contributed by atoms with Crippen molar-refractivity contribution in [1.29, 1.82) is 5.41 Å². The van der Waals surface area contributed by atoms with Crippen molar-refractivity contribution in [2.75, 3.05) is 0 Å². The van der Waals surface area contributed by atoms with Gasteiger partial charge in [-0.2, -0.15) is 5.10 Å². The molecule has 0 fully saturated rings. The van der Waals surface area contributed by atoms with Gasteiger partial charge in [-0.1, -0.05) is 12.1 Å². The van der Waals surface area contributed by atoms with Crippen LogP contribution in [0.3, 0.4) is 0 Å². The molecule has 1 rings (SSSR count). The molecule has 0 amide bonds. The van der Waals surface area contributed by atoms with Gasteiger partial charge in [-0.05, 0) is 19.1 Å². The first kappa shape index (κ1) is 13.2. The molecule has 0 atom stereocenters. The molecule has 0 radical (unpaired) electrons. The number of hydrogen-bond donors (Lipinski definition) is 4. The summed E-state index contributed by atoms with van der Waals surface area (Å²) in [7, 11) is 0. The Hall–Kier alpha value is -1.75. The second-order valence-corrected chi connectivity index (χ2v) is 2.74. The van der Waals surface area contributed by atoms with E-state index in [4.69, 9.17) is 11.1 Å². The molecule has 0 saturated carbocycles. The van der Waals surface area contributed by atoms with Crippen molar-refractivity contribution in [3.05, 3.63) is 29.8 Å². The highest BCUT2D eigenvalue weighted by molar-refractivity contribution is 6.01. The van der Waals surface area contributed by atoms with Crippen LogP contribution in [0, 0.1) is 5.41 Å². The second kappa shape index (κ2) is 5.87. The van der Waals surface area contributed by atoms with Gasteiger partial charge in [0.25, 0.3) is 0 Å². The maximum atomic E-state index is 9.45. The van der Waals surface area contributed by atoms with Crippen molar-refractivity contribution in [2.45, 2.75) is 6.92 Å². The zero-order chi connectivity index (χ0) is 10.6. The van der Waals surface area contributed by atoms with Gasteiger partial charge in [-0.25, -0.2) is 5.43 Å². The summed E-state index contributed by atoms with van der Waals surface area (Å²) in [5.41, 5.74) is 8.55. The molecule has 0 bridgehead atoms. The molecular weight excluding hydrogens is 216 g/mol. The number of benzene rings is 1. The van der Waals surface area contributed by atoms with E-state index in [0.29, 0.717) is 11.3 Å². The van der Waals surface area contributed by atoms with Crippen LogP contribution >= 0.6 is 12.4 Å². The zero-order valence-electron chi connectivity index (χ0n) is 8.19. The SMILES string of the molecule is C/C(=N/NC(=N)N)c1ccccc1O.Cl. The van der Waals surface area contributed by atoms with Gasteiger partial charge in [0.1, 0.15) is 5.75 Å². The van der Waals surface area contributed by atoms with Crippen molar-refractivity contribution in [3.8, 4) is 5.75 Å². The van der Waals surface area contributed by atoms with E-state index in [1.807, 2.05) is 0 Å². The van der Waals surface area contributed by atoms with Crippen LogP contribution in [0.25, 0.3) is 0 Å². The Balaban J connectivity index is 0.00000196. The summed E-state index contributed by atoms with van der Waals surface area (Å²) < 4.78 is 0. The predicted molar refractivity (Wildman–Crippen MR) is 62.6 cm³/mol. The summed E-state index contributed by atoms with van der Waals surface area (Å²) >= 11 is 0. The standard InChI is InChI=1S/C9H12N4O.ClH/c1-6(12-13-9(10)11)7-4-2-3-5-8(7)14;/h2-5,14H,1H3,(H4,10,11,13);1H/b12-6-;. The fourth-order valence-corrected chi connectivity index (χ4v) is 0.984. The third-order valence-electron chi connectivity index (χ3n) is 1.64.